The molecule has 3 atom stereocenters. The normalized spacial score (nSPS) is 22.7. The zero-order valence-corrected chi connectivity index (χ0v) is 18.2. The van der Waals surface area contributed by atoms with E-state index in [1.807, 2.05) is 6.92 Å². The third-order valence-corrected chi connectivity index (χ3v) is 8.11. The van der Waals surface area contributed by atoms with Gasteiger partial charge in [-0.15, -0.1) is 0 Å². The number of sulfonamides is 1. The van der Waals surface area contributed by atoms with Crippen molar-refractivity contribution in [3.8, 4) is 5.75 Å². The highest BCUT2D eigenvalue weighted by Gasteiger charge is 2.40. The second-order valence-corrected chi connectivity index (χ2v) is 10.2. The molecule has 0 heterocycles. The number of hydrogen-bond donors (Lipinski definition) is 1. The van der Waals surface area contributed by atoms with Crippen molar-refractivity contribution >= 4 is 21.6 Å². The molecule has 30 heavy (non-hydrogen) atoms. The van der Waals surface area contributed by atoms with Gasteiger partial charge in [-0.2, -0.15) is 0 Å². The monoisotopic (exact) mass is 428 g/mol. The largest absolute Gasteiger partial charge is 0.495 e. The van der Waals surface area contributed by atoms with E-state index in [4.69, 9.17) is 4.74 Å². The van der Waals surface area contributed by atoms with Crippen molar-refractivity contribution in [2.24, 2.45) is 11.8 Å². The summed E-state index contributed by atoms with van der Waals surface area (Å²) >= 11 is 0. The fourth-order valence-corrected chi connectivity index (χ4v) is 6.21. The van der Waals surface area contributed by atoms with Crippen LogP contribution in [-0.4, -0.2) is 34.0 Å². The van der Waals surface area contributed by atoms with Crippen LogP contribution in [0.15, 0.2) is 53.4 Å². The standard InChI is InChI=1S/C23H28N2O4S/c1-16-7-11-19(12-8-16)30(27,28)25(21-5-3-4-6-22(21)29-2)15-23(26)24-20-14-17-9-10-18(20)13-17/h3-8,11-12,17-18,20H,9-10,13-15H2,1-2H3,(H,24,26)/t17-,18-,20-/m1/s1. The van der Waals surface area contributed by atoms with Crippen LogP contribution >= 0.6 is 0 Å². The number of rotatable bonds is 7. The molecule has 2 aliphatic rings. The summed E-state index contributed by atoms with van der Waals surface area (Å²) in [5.41, 5.74) is 1.32. The van der Waals surface area contributed by atoms with Crippen molar-refractivity contribution in [2.45, 2.75) is 43.5 Å². The molecule has 0 spiro atoms. The third-order valence-electron chi connectivity index (χ3n) is 6.33. The predicted molar refractivity (Wildman–Crippen MR) is 116 cm³/mol. The van der Waals surface area contributed by atoms with E-state index in [1.54, 1.807) is 48.5 Å². The maximum Gasteiger partial charge on any atom is 0.264 e. The Labute approximate surface area is 178 Å². The van der Waals surface area contributed by atoms with Gasteiger partial charge in [0.2, 0.25) is 5.91 Å². The van der Waals surface area contributed by atoms with Gasteiger partial charge < -0.3 is 10.1 Å². The fourth-order valence-electron chi connectivity index (χ4n) is 4.78. The number of aryl methyl sites for hydroxylation is 1. The van der Waals surface area contributed by atoms with Gasteiger partial charge in [0, 0.05) is 6.04 Å². The van der Waals surface area contributed by atoms with Gasteiger partial charge in [-0.25, -0.2) is 8.42 Å². The number of anilines is 1. The van der Waals surface area contributed by atoms with E-state index in [9.17, 15) is 13.2 Å². The maximum atomic E-state index is 13.5. The molecule has 0 saturated heterocycles. The number of methoxy groups -OCH3 is 1. The number of nitrogens with zero attached hydrogens (tertiary/aromatic N) is 1. The van der Waals surface area contributed by atoms with Crippen molar-refractivity contribution in [3.05, 3.63) is 54.1 Å². The summed E-state index contributed by atoms with van der Waals surface area (Å²) in [6, 6.07) is 13.7. The fraction of sp³-hybridized carbons (Fsp3) is 0.435. The summed E-state index contributed by atoms with van der Waals surface area (Å²) in [5.74, 6) is 1.34. The highest BCUT2D eigenvalue weighted by molar-refractivity contribution is 7.92. The minimum absolute atomic E-state index is 0.145. The van der Waals surface area contributed by atoms with Crippen molar-refractivity contribution in [1.29, 1.82) is 0 Å². The Balaban J connectivity index is 1.63. The lowest BCUT2D eigenvalue weighted by Gasteiger charge is -2.28. The van der Waals surface area contributed by atoms with E-state index in [-0.39, 0.29) is 23.4 Å². The second-order valence-electron chi connectivity index (χ2n) is 8.35. The highest BCUT2D eigenvalue weighted by Crippen LogP contribution is 2.44. The lowest BCUT2D eigenvalue weighted by Crippen LogP contribution is -2.46. The Hall–Kier alpha value is -2.54. The van der Waals surface area contributed by atoms with E-state index in [0.717, 1.165) is 22.7 Å². The second kappa shape index (κ2) is 8.30. The first-order valence-corrected chi connectivity index (χ1v) is 11.8. The van der Waals surface area contributed by atoms with Gasteiger partial charge >= 0.3 is 0 Å². The predicted octanol–water partition coefficient (Wildman–Crippen LogP) is 3.50. The molecular formula is C23H28N2O4S. The number of carbonyl (C=O) groups is 1. The molecule has 160 valence electrons. The zero-order chi connectivity index (χ0) is 21.3. The molecule has 7 heteroatoms. The molecule has 2 aromatic carbocycles. The van der Waals surface area contributed by atoms with E-state index >= 15 is 0 Å². The van der Waals surface area contributed by atoms with Crippen LogP contribution in [0.3, 0.4) is 0 Å². The molecule has 1 amide bonds. The van der Waals surface area contributed by atoms with Gasteiger partial charge in [0.25, 0.3) is 10.0 Å². The third kappa shape index (κ3) is 4.03. The van der Waals surface area contributed by atoms with Crippen molar-refractivity contribution in [2.75, 3.05) is 18.0 Å². The first-order chi connectivity index (χ1) is 14.4. The van der Waals surface area contributed by atoms with Gasteiger partial charge in [-0.05, 0) is 62.3 Å². The van der Waals surface area contributed by atoms with Crippen molar-refractivity contribution < 1.29 is 17.9 Å². The number of carbonyl (C=O) groups excluding carboxylic acids is 1. The summed E-state index contributed by atoms with van der Waals surface area (Å²) in [7, 11) is -2.46. The molecule has 2 fully saturated rings. The molecule has 0 unspecified atom stereocenters. The lowest BCUT2D eigenvalue weighted by molar-refractivity contribution is -0.120. The first kappa shape index (κ1) is 20.7. The van der Waals surface area contributed by atoms with Gasteiger partial charge in [0.1, 0.15) is 12.3 Å². The summed E-state index contributed by atoms with van der Waals surface area (Å²) in [6.45, 7) is 1.61. The summed E-state index contributed by atoms with van der Waals surface area (Å²) in [5, 5.41) is 3.09. The lowest BCUT2D eigenvalue weighted by atomic mass is 9.95. The summed E-state index contributed by atoms with van der Waals surface area (Å²) in [6.07, 6.45) is 4.55. The van der Waals surface area contributed by atoms with E-state index in [2.05, 4.69) is 5.32 Å². The Morgan fingerprint density at radius 2 is 1.83 bits per heavy atom. The van der Waals surface area contributed by atoms with Crippen LogP contribution in [0.4, 0.5) is 5.69 Å². The number of hydrogen-bond acceptors (Lipinski definition) is 4. The maximum absolute atomic E-state index is 13.5. The Bertz CT molecular complexity index is 1020. The molecule has 2 aliphatic carbocycles. The Morgan fingerprint density at radius 1 is 1.10 bits per heavy atom. The SMILES string of the molecule is COc1ccccc1N(CC(=O)N[C@@H]1C[C@@H]2CC[C@@H]1C2)S(=O)(=O)c1ccc(C)cc1. The number of para-hydroxylation sites is 2. The molecule has 0 aromatic heterocycles. The zero-order valence-electron chi connectivity index (χ0n) is 17.4. The van der Waals surface area contributed by atoms with E-state index < -0.39 is 10.0 Å². The summed E-state index contributed by atoms with van der Waals surface area (Å²) in [4.78, 5) is 13.1. The number of fused-ring (bicyclic) bond motifs is 2. The highest BCUT2D eigenvalue weighted by atomic mass is 32.2. The molecule has 6 nitrogen and oxygen atoms in total. The van der Waals surface area contributed by atoms with Crippen LogP contribution in [0.1, 0.15) is 31.2 Å². The van der Waals surface area contributed by atoms with Crippen molar-refractivity contribution in [1.82, 2.24) is 5.32 Å². The number of amides is 1. The molecule has 0 aliphatic heterocycles. The Morgan fingerprint density at radius 3 is 2.47 bits per heavy atom. The molecule has 4 rings (SSSR count). The Kier molecular flexibility index (Phi) is 5.73. The van der Waals surface area contributed by atoms with Crippen LogP contribution in [-0.2, 0) is 14.8 Å². The van der Waals surface area contributed by atoms with Gasteiger partial charge in [-0.3, -0.25) is 9.10 Å². The van der Waals surface area contributed by atoms with E-state index in [1.165, 1.54) is 20.0 Å². The number of ether oxygens (including phenoxy) is 1. The molecule has 1 N–H and O–H groups in total. The molecule has 2 saturated carbocycles. The molecule has 0 radical (unpaired) electrons. The smallest absolute Gasteiger partial charge is 0.264 e. The average Bonchev–Trinajstić information content (AvgIpc) is 3.35. The topological polar surface area (TPSA) is 75.7 Å². The summed E-state index contributed by atoms with van der Waals surface area (Å²) < 4.78 is 33.6. The van der Waals surface area contributed by atoms with Crippen molar-refractivity contribution in [3.63, 3.8) is 0 Å². The van der Waals surface area contributed by atoms with Crippen LogP contribution in [0, 0.1) is 18.8 Å². The van der Waals surface area contributed by atoms with Gasteiger partial charge in [0.15, 0.2) is 0 Å². The van der Waals surface area contributed by atoms with Gasteiger partial charge in [0.05, 0.1) is 17.7 Å². The van der Waals surface area contributed by atoms with Crippen LogP contribution in [0.2, 0.25) is 0 Å². The minimum Gasteiger partial charge on any atom is -0.495 e. The van der Waals surface area contributed by atoms with Crippen LogP contribution in [0.5, 0.6) is 5.75 Å². The minimum atomic E-state index is -3.95. The van der Waals surface area contributed by atoms with Crippen LogP contribution in [0.25, 0.3) is 0 Å². The quantitative estimate of drug-likeness (QED) is 0.732. The number of nitrogens with one attached hydrogen (secondary N) is 1. The number of benzene rings is 2. The molecule has 2 aromatic rings. The van der Waals surface area contributed by atoms with Crippen LogP contribution < -0.4 is 14.4 Å². The van der Waals surface area contributed by atoms with Gasteiger partial charge in [-0.1, -0.05) is 36.2 Å². The first-order valence-electron chi connectivity index (χ1n) is 10.4. The molecule has 2 bridgehead atoms. The average molecular weight is 429 g/mol. The van der Waals surface area contributed by atoms with E-state index in [0.29, 0.717) is 23.3 Å². The molecular weight excluding hydrogens is 400 g/mol.